The summed E-state index contributed by atoms with van der Waals surface area (Å²) in [5, 5.41) is 27.4. The third-order valence-electron chi connectivity index (χ3n) is 4.31. The summed E-state index contributed by atoms with van der Waals surface area (Å²) in [5.41, 5.74) is -0.852. The van der Waals surface area contributed by atoms with Crippen LogP contribution in [0.15, 0.2) is 41.2 Å². The van der Waals surface area contributed by atoms with E-state index in [1.807, 2.05) is 6.07 Å². The predicted molar refractivity (Wildman–Crippen MR) is 99.5 cm³/mol. The molecule has 0 fully saturated rings. The highest BCUT2D eigenvalue weighted by Gasteiger charge is 2.37. The van der Waals surface area contributed by atoms with Gasteiger partial charge in [-0.3, -0.25) is 14.5 Å². The van der Waals surface area contributed by atoms with Crippen molar-refractivity contribution < 1.29 is 9.84 Å². The van der Waals surface area contributed by atoms with Crippen molar-refractivity contribution >= 4 is 28.3 Å². The van der Waals surface area contributed by atoms with Crippen LogP contribution in [0.1, 0.15) is 27.7 Å². The fourth-order valence-electron chi connectivity index (χ4n) is 3.18. The minimum absolute atomic E-state index is 0.0241. The van der Waals surface area contributed by atoms with Gasteiger partial charge in [0.05, 0.1) is 28.5 Å². The molecule has 0 unspecified atom stereocenters. The van der Waals surface area contributed by atoms with E-state index in [0.717, 1.165) is 0 Å². The Morgan fingerprint density at radius 2 is 1.96 bits per heavy atom. The van der Waals surface area contributed by atoms with Crippen LogP contribution < -0.4 is 5.69 Å². The monoisotopic (exact) mass is 352 g/mol. The van der Waals surface area contributed by atoms with E-state index in [4.69, 9.17) is 15.4 Å². The number of para-hydroxylation sites is 2. The van der Waals surface area contributed by atoms with Gasteiger partial charge in [-0.15, -0.1) is 0 Å². The van der Waals surface area contributed by atoms with Crippen molar-refractivity contribution in [2.45, 2.75) is 38.9 Å². The van der Waals surface area contributed by atoms with Crippen molar-refractivity contribution in [3.8, 4) is 6.07 Å². The number of allylic oxidation sites excluding steroid dienone is 1. The van der Waals surface area contributed by atoms with Crippen molar-refractivity contribution in [2.75, 3.05) is 0 Å². The van der Waals surface area contributed by atoms with E-state index >= 15 is 0 Å². The molecule has 2 N–H and O–H groups in total. The number of ether oxygens (including phenoxy) is 1. The van der Waals surface area contributed by atoms with Crippen LogP contribution in [0.2, 0.25) is 0 Å². The lowest BCUT2D eigenvalue weighted by Gasteiger charge is -2.23. The lowest BCUT2D eigenvalue weighted by molar-refractivity contribution is 0.137. The van der Waals surface area contributed by atoms with Crippen LogP contribution in [0.4, 0.5) is 0 Å². The molecule has 7 heteroatoms. The molecule has 1 aliphatic heterocycles. The summed E-state index contributed by atoms with van der Waals surface area (Å²) in [4.78, 5) is 13.3. The van der Waals surface area contributed by atoms with Gasteiger partial charge >= 0.3 is 5.69 Å². The maximum atomic E-state index is 13.3. The third kappa shape index (κ3) is 2.65. The van der Waals surface area contributed by atoms with Gasteiger partial charge in [-0.25, -0.2) is 4.79 Å². The number of aromatic nitrogens is 2. The van der Waals surface area contributed by atoms with Crippen LogP contribution >= 0.6 is 0 Å². The van der Waals surface area contributed by atoms with Gasteiger partial charge in [0.25, 0.3) is 0 Å². The number of nitrogens with one attached hydrogen (secondary N) is 1. The number of nitrogens with zero attached hydrogens (tertiary/aromatic N) is 3. The van der Waals surface area contributed by atoms with Crippen LogP contribution in [0.25, 0.3) is 22.4 Å². The zero-order valence-corrected chi connectivity index (χ0v) is 15.1. The number of hydrogen-bond donors (Lipinski definition) is 2. The molecule has 0 radical (unpaired) electrons. The van der Waals surface area contributed by atoms with Crippen LogP contribution in [0, 0.1) is 16.7 Å². The van der Waals surface area contributed by atoms with E-state index in [9.17, 15) is 9.90 Å². The lowest BCUT2D eigenvalue weighted by Crippen LogP contribution is -2.35. The zero-order valence-electron chi connectivity index (χ0n) is 15.1. The third-order valence-corrected chi connectivity index (χ3v) is 4.31. The first-order valence-corrected chi connectivity index (χ1v) is 8.13. The Labute approximate surface area is 150 Å². The molecule has 1 aromatic heterocycles. The zero-order chi connectivity index (χ0) is 19.3. The van der Waals surface area contributed by atoms with Gasteiger partial charge in [0.15, 0.2) is 0 Å². The number of hydrogen-bond acceptors (Lipinski definition) is 5. The number of rotatable bonds is 3. The molecule has 0 saturated carbocycles. The number of benzene rings is 1. The van der Waals surface area contributed by atoms with E-state index in [1.165, 1.54) is 35.1 Å². The maximum absolute atomic E-state index is 13.3. The molecule has 0 spiro atoms. The van der Waals surface area contributed by atoms with Gasteiger partial charge in [-0.05, 0) is 39.8 Å². The van der Waals surface area contributed by atoms with Crippen LogP contribution in [-0.4, -0.2) is 31.3 Å². The average Bonchev–Trinajstić information content (AvgIpc) is 2.95. The van der Waals surface area contributed by atoms with Crippen molar-refractivity contribution in [2.24, 2.45) is 0 Å². The smallest absolute Gasteiger partial charge is 0.338 e. The first kappa shape index (κ1) is 17.7. The minimum Gasteiger partial charge on any atom is -0.466 e. The fraction of sp³-hybridized carbons (Fsp3) is 0.316. The molecule has 0 aliphatic carbocycles. The molecule has 0 atom stereocenters. The van der Waals surface area contributed by atoms with Crippen molar-refractivity contribution in [3.05, 3.63) is 46.9 Å². The number of imidazole rings is 1. The standard InChI is InChI=1S/C19H20N4O3/c1-18(2,25)14(9-10-20)22-12-7-5-6-8-13(12)23(17(22)24)15-11-16(21)26-19(15,3)4/h5-9,11,21,25H,1-4H3. The first-order chi connectivity index (χ1) is 12.1. The quantitative estimate of drug-likeness (QED) is 0.828. The summed E-state index contributed by atoms with van der Waals surface area (Å²) in [7, 11) is 0. The van der Waals surface area contributed by atoms with E-state index in [0.29, 0.717) is 16.7 Å². The van der Waals surface area contributed by atoms with Crippen LogP contribution in [0.3, 0.4) is 0 Å². The van der Waals surface area contributed by atoms with Gasteiger partial charge in [-0.1, -0.05) is 12.1 Å². The Kier molecular flexibility index (Phi) is 3.89. The highest BCUT2D eigenvalue weighted by molar-refractivity contribution is 5.98. The van der Waals surface area contributed by atoms with Crippen molar-refractivity contribution in [3.63, 3.8) is 0 Å². The van der Waals surface area contributed by atoms with Crippen molar-refractivity contribution in [1.29, 1.82) is 10.7 Å². The maximum Gasteiger partial charge on any atom is 0.338 e. The van der Waals surface area contributed by atoms with Gasteiger partial charge in [0.2, 0.25) is 5.90 Å². The van der Waals surface area contributed by atoms with Gasteiger partial charge in [0, 0.05) is 12.2 Å². The molecule has 1 aliphatic rings. The largest absolute Gasteiger partial charge is 0.466 e. The highest BCUT2D eigenvalue weighted by atomic mass is 16.5. The molecule has 3 rings (SSSR count). The molecular weight excluding hydrogens is 332 g/mol. The molecule has 2 aromatic rings. The van der Waals surface area contributed by atoms with Crippen LogP contribution in [0.5, 0.6) is 0 Å². The van der Waals surface area contributed by atoms with E-state index in [-0.39, 0.29) is 11.6 Å². The van der Waals surface area contributed by atoms with Crippen molar-refractivity contribution in [1.82, 2.24) is 9.13 Å². The van der Waals surface area contributed by atoms with E-state index < -0.39 is 16.9 Å². The summed E-state index contributed by atoms with van der Waals surface area (Å²) in [6.07, 6.45) is 2.68. The molecule has 0 amide bonds. The Hall–Kier alpha value is -3.11. The van der Waals surface area contributed by atoms with E-state index in [1.54, 1.807) is 38.1 Å². The Morgan fingerprint density at radius 1 is 1.35 bits per heavy atom. The normalized spacial score (nSPS) is 17.2. The van der Waals surface area contributed by atoms with Crippen LogP contribution in [-0.2, 0) is 4.74 Å². The number of aliphatic hydroxyl groups is 1. The predicted octanol–water partition coefficient (Wildman–Crippen LogP) is 2.57. The second-order valence-corrected chi connectivity index (χ2v) is 7.17. The second kappa shape index (κ2) is 5.71. The minimum atomic E-state index is -1.41. The lowest BCUT2D eigenvalue weighted by atomic mass is 10.0. The molecular formula is C19H20N4O3. The van der Waals surface area contributed by atoms with Gasteiger partial charge < -0.3 is 9.84 Å². The summed E-state index contributed by atoms with van der Waals surface area (Å²) in [6, 6.07) is 9.01. The first-order valence-electron chi connectivity index (χ1n) is 8.13. The number of fused-ring (bicyclic) bond motifs is 1. The molecule has 1 aromatic carbocycles. The molecule has 2 heterocycles. The van der Waals surface area contributed by atoms with E-state index in [2.05, 4.69) is 0 Å². The SMILES string of the molecule is CC(C)(O)C(=CC#N)n1c(=O)n(C2=CC(=N)OC2(C)C)c2ccccc21. The fourth-order valence-corrected chi connectivity index (χ4v) is 3.18. The summed E-state index contributed by atoms with van der Waals surface area (Å²) in [5.74, 6) is -0.0241. The Morgan fingerprint density at radius 3 is 2.46 bits per heavy atom. The Bertz CT molecular complexity index is 1070. The molecule has 26 heavy (non-hydrogen) atoms. The molecule has 0 saturated heterocycles. The topological polar surface area (TPSA) is 104 Å². The molecule has 134 valence electrons. The highest BCUT2D eigenvalue weighted by Crippen LogP contribution is 2.34. The Balaban J connectivity index is 2.44. The number of nitriles is 1. The van der Waals surface area contributed by atoms with Gasteiger partial charge in [0.1, 0.15) is 11.2 Å². The average molecular weight is 352 g/mol. The summed E-state index contributed by atoms with van der Waals surface area (Å²) < 4.78 is 8.31. The summed E-state index contributed by atoms with van der Waals surface area (Å²) >= 11 is 0. The van der Waals surface area contributed by atoms with Gasteiger partial charge in [-0.2, -0.15) is 5.26 Å². The molecule has 0 bridgehead atoms. The molecule has 7 nitrogen and oxygen atoms in total. The second-order valence-electron chi connectivity index (χ2n) is 7.17. The summed E-state index contributed by atoms with van der Waals surface area (Å²) in [6.45, 7) is 6.60.